The van der Waals surface area contributed by atoms with Gasteiger partial charge in [0.05, 0.1) is 17.6 Å². The molecule has 30 heavy (non-hydrogen) atoms. The minimum Gasteiger partial charge on any atom is -0.352 e. The van der Waals surface area contributed by atoms with E-state index in [-0.39, 0.29) is 17.9 Å². The first kappa shape index (κ1) is 20.2. The molecule has 3 N–H and O–H groups in total. The number of carbonyl (C=O) groups excluding carboxylic acids is 1. The van der Waals surface area contributed by atoms with Crippen LogP contribution in [-0.4, -0.2) is 59.8 Å². The van der Waals surface area contributed by atoms with Crippen molar-refractivity contribution in [3.63, 3.8) is 0 Å². The highest BCUT2D eigenvalue weighted by molar-refractivity contribution is 5.78. The Kier molecular flexibility index (Phi) is 6.13. The average Bonchev–Trinajstić information content (AvgIpc) is 3.34. The number of hydrogen-bond donors (Lipinski definition) is 3. The largest absolute Gasteiger partial charge is 0.352 e. The van der Waals surface area contributed by atoms with Gasteiger partial charge in [-0.1, -0.05) is 24.3 Å². The van der Waals surface area contributed by atoms with Gasteiger partial charge in [-0.25, -0.2) is 14.2 Å². The van der Waals surface area contributed by atoms with Gasteiger partial charge in [0, 0.05) is 39.3 Å². The number of likely N-dealkylation sites (tertiary alicyclic amines) is 1. The Morgan fingerprint density at radius 1 is 1.20 bits per heavy atom. The minimum atomic E-state index is -0.232. The first-order valence-electron chi connectivity index (χ1n) is 10.3. The summed E-state index contributed by atoms with van der Waals surface area (Å²) in [5.74, 6) is 0.598. The summed E-state index contributed by atoms with van der Waals surface area (Å²) in [4.78, 5) is 18.4. The molecule has 0 bridgehead atoms. The van der Waals surface area contributed by atoms with Gasteiger partial charge in [0.15, 0.2) is 0 Å². The summed E-state index contributed by atoms with van der Waals surface area (Å²) in [6.45, 7) is 3.93. The van der Waals surface area contributed by atoms with Crippen LogP contribution in [0.4, 0.5) is 15.1 Å². The Morgan fingerprint density at radius 3 is 2.80 bits per heavy atom. The lowest BCUT2D eigenvalue weighted by molar-refractivity contribution is 0.240. The van der Waals surface area contributed by atoms with Gasteiger partial charge in [-0.2, -0.15) is 0 Å². The van der Waals surface area contributed by atoms with Crippen LogP contribution >= 0.6 is 0 Å². The smallest absolute Gasteiger partial charge is 0.314 e. The van der Waals surface area contributed by atoms with Crippen molar-refractivity contribution < 1.29 is 9.18 Å². The lowest BCUT2D eigenvalue weighted by atomic mass is 10.2. The van der Waals surface area contributed by atoms with Crippen LogP contribution in [0.2, 0.25) is 0 Å². The van der Waals surface area contributed by atoms with Crippen LogP contribution in [0.1, 0.15) is 12.0 Å². The highest BCUT2D eigenvalue weighted by Gasteiger charge is 2.24. The number of para-hydroxylation sites is 2. The molecule has 1 fully saturated rings. The van der Waals surface area contributed by atoms with Crippen molar-refractivity contribution in [2.24, 2.45) is 0 Å². The zero-order chi connectivity index (χ0) is 20.9. The van der Waals surface area contributed by atoms with Crippen molar-refractivity contribution in [2.45, 2.75) is 19.0 Å². The molecule has 0 spiro atoms. The molecular weight excluding hydrogens is 383 g/mol. The zero-order valence-corrected chi connectivity index (χ0v) is 17.1. The molecule has 0 radical (unpaired) electrons. The molecule has 1 saturated heterocycles. The Balaban J connectivity index is 1.45. The van der Waals surface area contributed by atoms with E-state index in [2.05, 4.69) is 31.5 Å². The van der Waals surface area contributed by atoms with Gasteiger partial charge in [0.25, 0.3) is 0 Å². The third-order valence-corrected chi connectivity index (χ3v) is 5.45. The lowest BCUT2D eigenvalue weighted by Gasteiger charge is -2.18. The van der Waals surface area contributed by atoms with E-state index >= 15 is 0 Å². The maximum absolute atomic E-state index is 13.3. The van der Waals surface area contributed by atoms with E-state index in [1.165, 1.54) is 12.1 Å². The Labute approximate surface area is 175 Å². The number of benzene rings is 2. The number of urea groups is 1. The van der Waals surface area contributed by atoms with Gasteiger partial charge >= 0.3 is 6.03 Å². The second kappa shape index (κ2) is 9.13. The molecule has 0 saturated carbocycles. The molecule has 2 aromatic carbocycles. The van der Waals surface area contributed by atoms with Crippen LogP contribution in [0.15, 0.2) is 48.5 Å². The van der Waals surface area contributed by atoms with E-state index in [0.717, 1.165) is 48.6 Å². The monoisotopic (exact) mass is 410 g/mol. The summed E-state index contributed by atoms with van der Waals surface area (Å²) in [6, 6.07) is 14.8. The molecule has 158 valence electrons. The number of nitrogens with zero attached hydrogens (tertiary/aromatic N) is 3. The average molecular weight is 410 g/mol. The van der Waals surface area contributed by atoms with Crippen molar-refractivity contribution in [1.82, 2.24) is 25.1 Å². The summed E-state index contributed by atoms with van der Waals surface area (Å²) in [5, 5.41) is 8.99. The first-order valence-corrected chi connectivity index (χ1v) is 10.3. The summed E-state index contributed by atoms with van der Waals surface area (Å²) in [7, 11) is 1.61. The molecule has 1 unspecified atom stereocenters. The van der Waals surface area contributed by atoms with E-state index in [1.807, 2.05) is 30.3 Å². The number of halogens is 1. The van der Waals surface area contributed by atoms with E-state index in [4.69, 9.17) is 4.98 Å². The molecule has 1 aromatic heterocycles. The molecule has 0 aliphatic carbocycles. The standard InChI is InChI=1S/C22H27FN6O/c1-24-22(30)25-11-13-28-12-10-18(15-28)26-21-27-19-4-2-3-5-20(19)29(21)14-16-6-8-17(23)9-7-16/h2-9,18H,10-15H2,1H3,(H,26,27)(H2,24,25,30). The highest BCUT2D eigenvalue weighted by atomic mass is 19.1. The van der Waals surface area contributed by atoms with Gasteiger partial charge in [-0.3, -0.25) is 4.90 Å². The van der Waals surface area contributed by atoms with Gasteiger partial charge in [-0.15, -0.1) is 0 Å². The molecule has 1 aliphatic heterocycles. The topological polar surface area (TPSA) is 74.2 Å². The summed E-state index contributed by atoms with van der Waals surface area (Å²) >= 11 is 0. The quantitative estimate of drug-likeness (QED) is 0.560. The normalized spacial score (nSPS) is 16.7. The fourth-order valence-electron chi connectivity index (χ4n) is 3.87. The summed E-state index contributed by atoms with van der Waals surface area (Å²) < 4.78 is 15.4. The van der Waals surface area contributed by atoms with Crippen LogP contribution in [0.5, 0.6) is 0 Å². The maximum Gasteiger partial charge on any atom is 0.314 e. The fourth-order valence-corrected chi connectivity index (χ4v) is 3.87. The molecule has 1 aliphatic rings. The van der Waals surface area contributed by atoms with E-state index < -0.39 is 0 Å². The highest BCUT2D eigenvalue weighted by Crippen LogP contribution is 2.23. The van der Waals surface area contributed by atoms with Crippen LogP contribution in [0.3, 0.4) is 0 Å². The van der Waals surface area contributed by atoms with Crippen LogP contribution in [-0.2, 0) is 6.54 Å². The van der Waals surface area contributed by atoms with Crippen molar-refractivity contribution >= 4 is 23.0 Å². The minimum absolute atomic E-state index is 0.154. The second-order valence-electron chi connectivity index (χ2n) is 7.57. The van der Waals surface area contributed by atoms with Crippen molar-refractivity contribution in [3.05, 3.63) is 59.9 Å². The lowest BCUT2D eigenvalue weighted by Crippen LogP contribution is -2.38. The van der Waals surface area contributed by atoms with Crippen molar-refractivity contribution in [1.29, 1.82) is 0 Å². The van der Waals surface area contributed by atoms with E-state index in [0.29, 0.717) is 13.1 Å². The number of imidazole rings is 1. The van der Waals surface area contributed by atoms with E-state index in [1.54, 1.807) is 7.05 Å². The number of fused-ring (bicyclic) bond motifs is 1. The third kappa shape index (κ3) is 4.71. The Hall–Kier alpha value is -3.13. The van der Waals surface area contributed by atoms with E-state index in [9.17, 15) is 9.18 Å². The fraction of sp³-hybridized carbons (Fsp3) is 0.364. The predicted molar refractivity (Wildman–Crippen MR) is 116 cm³/mol. The number of aromatic nitrogens is 2. The van der Waals surface area contributed by atoms with Gasteiger partial charge < -0.3 is 20.5 Å². The van der Waals surface area contributed by atoms with Gasteiger partial charge in [0.1, 0.15) is 5.82 Å². The van der Waals surface area contributed by atoms with Crippen LogP contribution < -0.4 is 16.0 Å². The predicted octanol–water partition coefficient (Wildman–Crippen LogP) is 2.64. The molecule has 4 rings (SSSR count). The number of carbonyl (C=O) groups is 1. The molecular formula is C22H27FN6O. The Bertz CT molecular complexity index is 1000. The SMILES string of the molecule is CNC(=O)NCCN1CCC(Nc2nc3ccccc3n2Cc2ccc(F)cc2)C1. The summed E-state index contributed by atoms with van der Waals surface area (Å²) in [5.41, 5.74) is 3.01. The van der Waals surface area contributed by atoms with Crippen LogP contribution in [0, 0.1) is 5.82 Å². The van der Waals surface area contributed by atoms with Crippen LogP contribution in [0.25, 0.3) is 11.0 Å². The van der Waals surface area contributed by atoms with Gasteiger partial charge in [0.2, 0.25) is 5.95 Å². The van der Waals surface area contributed by atoms with Gasteiger partial charge in [-0.05, 0) is 36.2 Å². The summed E-state index contributed by atoms with van der Waals surface area (Å²) in [6.07, 6.45) is 1.01. The molecule has 2 heterocycles. The number of amides is 2. The molecule has 8 heteroatoms. The zero-order valence-electron chi connectivity index (χ0n) is 17.1. The number of nitrogens with one attached hydrogen (secondary N) is 3. The first-order chi connectivity index (χ1) is 14.6. The third-order valence-electron chi connectivity index (χ3n) is 5.45. The number of hydrogen-bond acceptors (Lipinski definition) is 4. The number of anilines is 1. The number of rotatable bonds is 7. The molecule has 1 atom stereocenters. The Morgan fingerprint density at radius 2 is 2.00 bits per heavy atom. The second-order valence-corrected chi connectivity index (χ2v) is 7.57. The van der Waals surface area contributed by atoms with Crippen molar-refractivity contribution in [2.75, 3.05) is 38.5 Å². The molecule has 3 aromatic rings. The molecule has 2 amide bonds. The molecule has 7 nitrogen and oxygen atoms in total. The van der Waals surface area contributed by atoms with Crippen molar-refractivity contribution in [3.8, 4) is 0 Å². The maximum atomic E-state index is 13.3.